The van der Waals surface area contributed by atoms with Gasteiger partial charge in [-0.15, -0.1) is 0 Å². The lowest BCUT2D eigenvalue weighted by atomic mass is 9.91. The van der Waals surface area contributed by atoms with Gasteiger partial charge in [0.1, 0.15) is 11.9 Å². The number of likely N-dealkylation sites (tertiary alicyclic amines) is 1. The molecular formula is C20H23N5O3. The quantitative estimate of drug-likeness (QED) is 0.724. The molecule has 8 nitrogen and oxygen atoms in total. The fraction of sp³-hybridized carbons (Fsp3) is 0.350. The predicted molar refractivity (Wildman–Crippen MR) is 103 cm³/mol. The van der Waals surface area contributed by atoms with Crippen molar-refractivity contribution in [3.05, 3.63) is 55.1 Å². The number of nitrogens with zero attached hydrogens (tertiary/aromatic N) is 4. The van der Waals surface area contributed by atoms with Gasteiger partial charge in [0.25, 0.3) is 0 Å². The number of carbonyl (C=O) groups excluding carboxylic acids is 1. The number of nitrogens with one attached hydrogen (secondary N) is 1. The standard InChI is InChI=1S/C20H23N5O3/c1-24-10-7-22-19(24)18(26)14-5-8-25(9-6-14)20(27)23-16-4-2-3-15(11-16)17-12-21-13-28-17/h2-4,7,10-14,18,26H,5-6,8-9H2,1H3,(H,23,27)/t18-/m0/s1. The SMILES string of the molecule is Cn1ccnc1[C@@H](O)C1CCN(C(=O)Nc2cccc(-c3cnco3)c2)CC1. The summed E-state index contributed by atoms with van der Waals surface area (Å²) in [7, 11) is 1.88. The number of oxazole rings is 1. The van der Waals surface area contributed by atoms with E-state index in [-0.39, 0.29) is 11.9 Å². The number of imidazole rings is 1. The Kier molecular flexibility index (Phi) is 5.12. The van der Waals surface area contributed by atoms with E-state index >= 15 is 0 Å². The molecule has 1 aliphatic heterocycles. The number of hydrogen-bond acceptors (Lipinski definition) is 5. The normalized spacial score (nSPS) is 16.1. The molecule has 1 aromatic carbocycles. The number of benzene rings is 1. The first kappa shape index (κ1) is 18.2. The number of aryl methyl sites for hydroxylation is 1. The number of aliphatic hydroxyl groups is 1. The third-order valence-corrected chi connectivity index (χ3v) is 5.23. The van der Waals surface area contributed by atoms with Crippen LogP contribution >= 0.6 is 0 Å². The number of piperidine rings is 1. The maximum atomic E-state index is 12.6. The van der Waals surface area contributed by atoms with Gasteiger partial charge in [-0.05, 0) is 30.9 Å². The molecule has 2 N–H and O–H groups in total. The molecule has 4 rings (SSSR count). The second kappa shape index (κ2) is 7.85. The third-order valence-electron chi connectivity index (χ3n) is 5.23. The minimum atomic E-state index is -0.608. The Morgan fingerprint density at radius 2 is 2.18 bits per heavy atom. The summed E-state index contributed by atoms with van der Waals surface area (Å²) in [6.07, 6.45) is 7.40. The molecule has 8 heteroatoms. The average molecular weight is 381 g/mol. The van der Waals surface area contributed by atoms with Gasteiger partial charge in [0, 0.05) is 43.8 Å². The zero-order valence-corrected chi connectivity index (χ0v) is 15.7. The minimum absolute atomic E-state index is 0.0972. The molecule has 2 aromatic heterocycles. The summed E-state index contributed by atoms with van der Waals surface area (Å²) in [5.74, 6) is 1.42. The van der Waals surface area contributed by atoms with Crippen molar-refractivity contribution in [2.75, 3.05) is 18.4 Å². The van der Waals surface area contributed by atoms with Crippen LogP contribution in [0.1, 0.15) is 24.8 Å². The molecule has 1 aliphatic rings. The molecule has 2 amide bonds. The van der Waals surface area contributed by atoms with Crippen LogP contribution in [0.5, 0.6) is 0 Å². The van der Waals surface area contributed by atoms with E-state index in [1.54, 1.807) is 17.3 Å². The number of anilines is 1. The van der Waals surface area contributed by atoms with Crippen molar-refractivity contribution in [2.24, 2.45) is 13.0 Å². The Morgan fingerprint density at radius 1 is 1.36 bits per heavy atom. The summed E-state index contributed by atoms with van der Waals surface area (Å²) >= 11 is 0. The Bertz CT molecular complexity index is 929. The minimum Gasteiger partial charge on any atom is -0.444 e. The Hall–Kier alpha value is -3.13. The van der Waals surface area contributed by atoms with E-state index in [4.69, 9.17) is 4.42 Å². The molecule has 1 fully saturated rings. The smallest absolute Gasteiger partial charge is 0.321 e. The molecule has 3 aromatic rings. The number of urea groups is 1. The van der Waals surface area contributed by atoms with Crippen LogP contribution in [0, 0.1) is 5.92 Å². The highest BCUT2D eigenvalue weighted by Gasteiger charge is 2.30. The van der Waals surface area contributed by atoms with Crippen LogP contribution in [0.3, 0.4) is 0 Å². The van der Waals surface area contributed by atoms with Crippen molar-refractivity contribution in [1.82, 2.24) is 19.4 Å². The molecule has 0 aliphatic carbocycles. The summed E-state index contributed by atoms with van der Waals surface area (Å²) in [4.78, 5) is 22.6. The van der Waals surface area contributed by atoms with Gasteiger partial charge in [-0.25, -0.2) is 14.8 Å². The number of aromatic nitrogens is 3. The first-order valence-corrected chi connectivity index (χ1v) is 9.32. The van der Waals surface area contributed by atoms with Gasteiger partial charge in [0.05, 0.1) is 6.20 Å². The molecule has 0 bridgehead atoms. The molecule has 28 heavy (non-hydrogen) atoms. The van der Waals surface area contributed by atoms with Gasteiger partial charge < -0.3 is 24.3 Å². The number of hydrogen-bond donors (Lipinski definition) is 2. The van der Waals surface area contributed by atoms with E-state index in [0.717, 1.165) is 18.4 Å². The van der Waals surface area contributed by atoms with Gasteiger partial charge in [0.15, 0.2) is 12.2 Å². The molecule has 0 radical (unpaired) electrons. The summed E-state index contributed by atoms with van der Waals surface area (Å²) < 4.78 is 7.14. The lowest BCUT2D eigenvalue weighted by molar-refractivity contribution is 0.0600. The van der Waals surface area contributed by atoms with Gasteiger partial charge in [0.2, 0.25) is 0 Å². The monoisotopic (exact) mass is 381 g/mol. The van der Waals surface area contributed by atoms with Crippen LogP contribution in [0.2, 0.25) is 0 Å². The van der Waals surface area contributed by atoms with Crippen LogP contribution in [0.4, 0.5) is 10.5 Å². The van der Waals surface area contributed by atoms with Crippen molar-refractivity contribution in [3.8, 4) is 11.3 Å². The average Bonchev–Trinajstić information content (AvgIpc) is 3.40. The Labute approximate surface area is 162 Å². The molecule has 1 atom stereocenters. The lowest BCUT2D eigenvalue weighted by Gasteiger charge is -2.34. The fourth-order valence-corrected chi connectivity index (χ4v) is 3.60. The topological polar surface area (TPSA) is 96.4 Å². The van der Waals surface area contributed by atoms with Gasteiger partial charge in [-0.3, -0.25) is 0 Å². The summed E-state index contributed by atoms with van der Waals surface area (Å²) in [5.41, 5.74) is 1.56. The second-order valence-electron chi connectivity index (χ2n) is 7.04. The van der Waals surface area contributed by atoms with Crippen LogP contribution in [0.25, 0.3) is 11.3 Å². The fourth-order valence-electron chi connectivity index (χ4n) is 3.60. The second-order valence-corrected chi connectivity index (χ2v) is 7.04. The number of rotatable bonds is 4. The van der Waals surface area contributed by atoms with E-state index in [9.17, 15) is 9.90 Å². The predicted octanol–water partition coefficient (Wildman–Crippen LogP) is 3.05. The number of aliphatic hydroxyl groups excluding tert-OH is 1. The molecule has 0 unspecified atom stereocenters. The third kappa shape index (κ3) is 3.77. The zero-order chi connectivity index (χ0) is 19.5. The van der Waals surface area contributed by atoms with E-state index in [0.29, 0.717) is 30.4 Å². The molecule has 1 saturated heterocycles. The first-order valence-electron chi connectivity index (χ1n) is 9.32. The summed E-state index contributed by atoms with van der Waals surface area (Å²) in [5, 5.41) is 13.5. The van der Waals surface area contributed by atoms with Crippen LogP contribution in [-0.2, 0) is 7.05 Å². The van der Waals surface area contributed by atoms with Crippen LogP contribution < -0.4 is 5.32 Å². The van der Waals surface area contributed by atoms with E-state index in [1.807, 2.05) is 42.1 Å². The van der Waals surface area contributed by atoms with Gasteiger partial charge in [-0.2, -0.15) is 0 Å². The highest BCUT2D eigenvalue weighted by molar-refractivity contribution is 5.90. The lowest BCUT2D eigenvalue weighted by Crippen LogP contribution is -2.42. The maximum absolute atomic E-state index is 12.6. The molecule has 0 saturated carbocycles. The summed E-state index contributed by atoms with van der Waals surface area (Å²) in [6.45, 7) is 1.19. The largest absolute Gasteiger partial charge is 0.444 e. The highest BCUT2D eigenvalue weighted by atomic mass is 16.3. The van der Waals surface area contributed by atoms with Crippen molar-refractivity contribution in [1.29, 1.82) is 0 Å². The summed E-state index contributed by atoms with van der Waals surface area (Å²) in [6, 6.07) is 7.33. The maximum Gasteiger partial charge on any atom is 0.321 e. The molecule has 3 heterocycles. The van der Waals surface area contributed by atoms with E-state index in [2.05, 4.69) is 15.3 Å². The highest BCUT2D eigenvalue weighted by Crippen LogP contribution is 2.30. The Balaban J connectivity index is 1.34. The first-order chi connectivity index (χ1) is 13.6. The van der Waals surface area contributed by atoms with Gasteiger partial charge in [-0.1, -0.05) is 12.1 Å². The molecular weight excluding hydrogens is 358 g/mol. The molecule has 0 spiro atoms. The van der Waals surface area contributed by atoms with Crippen molar-refractivity contribution < 1.29 is 14.3 Å². The van der Waals surface area contributed by atoms with Crippen molar-refractivity contribution in [2.45, 2.75) is 18.9 Å². The van der Waals surface area contributed by atoms with Crippen molar-refractivity contribution >= 4 is 11.7 Å². The number of carbonyl (C=O) groups is 1. The number of amides is 2. The van der Waals surface area contributed by atoms with Gasteiger partial charge >= 0.3 is 6.03 Å². The van der Waals surface area contributed by atoms with E-state index in [1.165, 1.54) is 6.39 Å². The Morgan fingerprint density at radius 3 is 2.86 bits per heavy atom. The molecule has 146 valence electrons. The van der Waals surface area contributed by atoms with E-state index < -0.39 is 6.10 Å². The van der Waals surface area contributed by atoms with Crippen molar-refractivity contribution in [3.63, 3.8) is 0 Å². The van der Waals surface area contributed by atoms with Crippen LogP contribution in [-0.4, -0.2) is 43.7 Å². The van der Waals surface area contributed by atoms with Crippen LogP contribution in [0.15, 0.2) is 53.7 Å². The zero-order valence-electron chi connectivity index (χ0n) is 15.7.